The van der Waals surface area contributed by atoms with Crippen LogP contribution in [0.25, 0.3) is 0 Å². The molecule has 11 heavy (non-hydrogen) atoms. The third-order valence-corrected chi connectivity index (χ3v) is 3.04. The van der Waals surface area contributed by atoms with E-state index in [1.807, 2.05) is 0 Å². The number of fused-ring (bicyclic) bond motifs is 5. The van der Waals surface area contributed by atoms with Crippen molar-refractivity contribution in [2.75, 3.05) is 0 Å². The van der Waals surface area contributed by atoms with Gasteiger partial charge in [0.1, 0.15) is 12.2 Å². The van der Waals surface area contributed by atoms with Crippen molar-refractivity contribution in [1.29, 1.82) is 5.26 Å². The number of rotatable bonds is 0. The molecule has 0 aromatic carbocycles. The summed E-state index contributed by atoms with van der Waals surface area (Å²) in [6.45, 7) is 0. The highest BCUT2D eigenvalue weighted by Gasteiger charge is 2.59. The topological polar surface area (TPSA) is 48.4 Å². The van der Waals surface area contributed by atoms with Gasteiger partial charge in [0.15, 0.2) is 0 Å². The minimum Gasteiger partial charge on any atom is -0.366 e. The molecule has 3 saturated heterocycles. The highest BCUT2D eigenvalue weighted by Crippen LogP contribution is 2.43. The Hall–Kier alpha value is -0.590. The van der Waals surface area contributed by atoms with Gasteiger partial charge in [-0.25, -0.2) is 0 Å². The molecule has 1 N–H and O–H groups in total. The van der Waals surface area contributed by atoms with Crippen molar-refractivity contribution in [3.8, 4) is 6.07 Å². The summed E-state index contributed by atoms with van der Waals surface area (Å²) in [6, 6.07) is 3.33. The molecule has 2 bridgehead atoms. The SMILES string of the molecule is N#CC1CC2NC(C1)C1OC21. The predicted octanol–water partition coefficient (Wildman–Crippen LogP) is 0.0278. The average molecular weight is 150 g/mol. The summed E-state index contributed by atoms with van der Waals surface area (Å²) in [4.78, 5) is 0. The molecule has 0 aliphatic carbocycles. The van der Waals surface area contributed by atoms with Gasteiger partial charge in [0.05, 0.1) is 6.07 Å². The fraction of sp³-hybridized carbons (Fsp3) is 0.875. The lowest BCUT2D eigenvalue weighted by Gasteiger charge is -2.27. The second-order valence-electron chi connectivity index (χ2n) is 3.74. The lowest BCUT2D eigenvalue weighted by atomic mass is 9.93. The molecule has 3 heteroatoms. The summed E-state index contributed by atoms with van der Waals surface area (Å²) < 4.78 is 5.44. The Bertz CT molecular complexity index is 219. The molecule has 0 aromatic rings. The molecule has 3 heterocycles. The number of ether oxygens (including phenoxy) is 1. The maximum absolute atomic E-state index is 8.74. The quantitative estimate of drug-likeness (QED) is 0.495. The van der Waals surface area contributed by atoms with Crippen LogP contribution in [0.15, 0.2) is 0 Å². The molecule has 0 spiro atoms. The second kappa shape index (κ2) is 1.77. The molecule has 3 aliphatic heterocycles. The molecule has 0 radical (unpaired) electrons. The van der Waals surface area contributed by atoms with Gasteiger partial charge in [-0.15, -0.1) is 0 Å². The van der Waals surface area contributed by atoms with Crippen molar-refractivity contribution in [2.24, 2.45) is 5.92 Å². The molecule has 0 saturated carbocycles. The van der Waals surface area contributed by atoms with Gasteiger partial charge in [-0.2, -0.15) is 5.26 Å². The number of hydrogen-bond donors (Lipinski definition) is 1. The van der Waals surface area contributed by atoms with Crippen LogP contribution in [-0.2, 0) is 4.74 Å². The Morgan fingerprint density at radius 2 is 1.91 bits per heavy atom. The van der Waals surface area contributed by atoms with Crippen LogP contribution in [-0.4, -0.2) is 24.3 Å². The van der Waals surface area contributed by atoms with E-state index in [4.69, 9.17) is 10.00 Å². The number of hydrogen-bond acceptors (Lipinski definition) is 3. The van der Waals surface area contributed by atoms with Crippen LogP contribution in [0.5, 0.6) is 0 Å². The van der Waals surface area contributed by atoms with Crippen LogP contribution < -0.4 is 5.32 Å². The molecule has 58 valence electrons. The molecule has 0 aromatic heterocycles. The summed E-state index contributed by atoms with van der Waals surface area (Å²) in [5.74, 6) is 0.280. The summed E-state index contributed by atoms with van der Waals surface area (Å²) in [6.07, 6.45) is 2.90. The van der Waals surface area contributed by atoms with Crippen molar-refractivity contribution in [3.05, 3.63) is 0 Å². The third kappa shape index (κ3) is 0.688. The number of morpholine rings is 1. The lowest BCUT2D eigenvalue weighted by molar-refractivity contribution is 0.189. The van der Waals surface area contributed by atoms with Gasteiger partial charge in [0, 0.05) is 18.0 Å². The number of nitrogens with zero attached hydrogens (tertiary/aromatic N) is 1. The van der Waals surface area contributed by atoms with Crippen molar-refractivity contribution in [2.45, 2.75) is 37.1 Å². The monoisotopic (exact) mass is 150 g/mol. The highest BCUT2D eigenvalue weighted by atomic mass is 16.6. The minimum absolute atomic E-state index is 0.280. The maximum atomic E-state index is 8.74. The standard InChI is InChI=1S/C8H10N2O/c9-3-4-1-5-7-8(11-7)6(2-4)10-5/h4-8,10H,1-2H2. The van der Waals surface area contributed by atoms with Crippen LogP contribution in [0.2, 0.25) is 0 Å². The third-order valence-electron chi connectivity index (χ3n) is 3.04. The summed E-state index contributed by atoms with van der Waals surface area (Å²) in [5.41, 5.74) is 0. The fourth-order valence-corrected chi connectivity index (χ4v) is 2.47. The van der Waals surface area contributed by atoms with Gasteiger partial charge >= 0.3 is 0 Å². The molecule has 4 unspecified atom stereocenters. The first-order valence-corrected chi connectivity index (χ1v) is 4.19. The van der Waals surface area contributed by atoms with Gasteiger partial charge in [-0.3, -0.25) is 0 Å². The van der Waals surface area contributed by atoms with Crippen LogP contribution >= 0.6 is 0 Å². The van der Waals surface area contributed by atoms with Crippen molar-refractivity contribution in [3.63, 3.8) is 0 Å². The average Bonchev–Trinajstić information content (AvgIpc) is 2.78. The Kier molecular flexibility index (Phi) is 0.961. The van der Waals surface area contributed by atoms with E-state index in [1.54, 1.807) is 0 Å². The van der Waals surface area contributed by atoms with E-state index in [9.17, 15) is 0 Å². The summed E-state index contributed by atoms with van der Waals surface area (Å²) >= 11 is 0. The molecule has 4 atom stereocenters. The van der Waals surface area contributed by atoms with Gasteiger partial charge < -0.3 is 10.1 Å². The number of piperidine rings is 1. The zero-order chi connectivity index (χ0) is 7.42. The molecule has 0 amide bonds. The van der Waals surface area contributed by atoms with Gasteiger partial charge in [-0.05, 0) is 12.8 Å². The number of nitriles is 1. The molecular formula is C8H10N2O. The highest BCUT2D eigenvalue weighted by molar-refractivity contribution is 5.15. The fourth-order valence-electron chi connectivity index (χ4n) is 2.47. The maximum Gasteiger partial charge on any atom is 0.101 e. The molecule has 3 rings (SSSR count). The van der Waals surface area contributed by atoms with Crippen molar-refractivity contribution < 1.29 is 4.74 Å². The van der Waals surface area contributed by atoms with Crippen LogP contribution in [0.4, 0.5) is 0 Å². The van der Waals surface area contributed by atoms with E-state index in [0.29, 0.717) is 24.3 Å². The van der Waals surface area contributed by atoms with E-state index in [-0.39, 0.29) is 5.92 Å². The zero-order valence-electron chi connectivity index (χ0n) is 6.16. The molecular weight excluding hydrogens is 140 g/mol. The summed E-state index contributed by atoms with van der Waals surface area (Å²) in [7, 11) is 0. The summed E-state index contributed by atoms with van der Waals surface area (Å²) in [5, 5.41) is 12.2. The lowest BCUT2D eigenvalue weighted by Crippen LogP contribution is -2.43. The zero-order valence-corrected chi connectivity index (χ0v) is 6.16. The molecule has 3 aliphatic rings. The van der Waals surface area contributed by atoms with E-state index in [2.05, 4.69) is 11.4 Å². The van der Waals surface area contributed by atoms with Crippen molar-refractivity contribution in [1.82, 2.24) is 5.32 Å². The Balaban J connectivity index is 1.84. The Morgan fingerprint density at radius 1 is 1.27 bits per heavy atom. The Morgan fingerprint density at radius 3 is 2.45 bits per heavy atom. The first-order chi connectivity index (χ1) is 5.38. The van der Waals surface area contributed by atoms with E-state index < -0.39 is 0 Å². The van der Waals surface area contributed by atoms with Crippen LogP contribution in [0.3, 0.4) is 0 Å². The molecule has 3 nitrogen and oxygen atoms in total. The van der Waals surface area contributed by atoms with Crippen molar-refractivity contribution >= 4 is 0 Å². The first kappa shape index (κ1) is 5.99. The van der Waals surface area contributed by atoms with Gasteiger partial charge in [0.25, 0.3) is 0 Å². The van der Waals surface area contributed by atoms with E-state index in [0.717, 1.165) is 12.8 Å². The minimum atomic E-state index is 0.280. The first-order valence-electron chi connectivity index (χ1n) is 4.19. The normalized spacial score (nSPS) is 58.3. The number of epoxide rings is 1. The van der Waals surface area contributed by atoms with E-state index >= 15 is 0 Å². The second-order valence-corrected chi connectivity index (χ2v) is 3.74. The van der Waals surface area contributed by atoms with Gasteiger partial charge in [0.2, 0.25) is 0 Å². The van der Waals surface area contributed by atoms with Crippen LogP contribution in [0.1, 0.15) is 12.8 Å². The predicted molar refractivity (Wildman–Crippen MR) is 37.7 cm³/mol. The Labute approximate surface area is 65.3 Å². The van der Waals surface area contributed by atoms with Crippen LogP contribution in [0, 0.1) is 17.2 Å². The van der Waals surface area contributed by atoms with E-state index in [1.165, 1.54) is 0 Å². The number of nitrogens with one attached hydrogen (secondary N) is 1. The van der Waals surface area contributed by atoms with Gasteiger partial charge in [-0.1, -0.05) is 0 Å². The molecule has 3 fully saturated rings. The largest absolute Gasteiger partial charge is 0.366 e. The smallest absolute Gasteiger partial charge is 0.101 e.